The molecule has 8 nitrogen and oxygen atoms in total. The highest BCUT2D eigenvalue weighted by Crippen LogP contribution is 2.32. The fourth-order valence-corrected chi connectivity index (χ4v) is 4.43. The molecular formula is C25H31N3O5. The van der Waals surface area contributed by atoms with Gasteiger partial charge in [-0.3, -0.25) is 14.6 Å². The van der Waals surface area contributed by atoms with Crippen LogP contribution in [0.1, 0.15) is 15.9 Å². The second-order valence-corrected chi connectivity index (χ2v) is 8.59. The van der Waals surface area contributed by atoms with Crippen molar-refractivity contribution >= 4 is 5.91 Å². The third kappa shape index (κ3) is 5.58. The number of carbonyl (C=O) groups is 1. The van der Waals surface area contributed by atoms with Gasteiger partial charge in [-0.25, -0.2) is 0 Å². The van der Waals surface area contributed by atoms with E-state index in [2.05, 4.69) is 28.0 Å². The zero-order chi connectivity index (χ0) is 22.5. The normalized spacial score (nSPS) is 19.0. The van der Waals surface area contributed by atoms with E-state index in [0.717, 1.165) is 58.2 Å². The molecule has 0 aromatic heterocycles. The summed E-state index contributed by atoms with van der Waals surface area (Å²) < 4.78 is 22.2. The number of benzene rings is 2. The summed E-state index contributed by atoms with van der Waals surface area (Å²) in [4.78, 5) is 19.5. The summed E-state index contributed by atoms with van der Waals surface area (Å²) in [6.45, 7) is 9.32. The summed E-state index contributed by atoms with van der Waals surface area (Å²) >= 11 is 0. The maximum Gasteiger partial charge on any atom is 0.254 e. The lowest BCUT2D eigenvalue weighted by Gasteiger charge is -2.34. The first-order valence-corrected chi connectivity index (χ1v) is 11.7. The maximum absolute atomic E-state index is 12.9. The SMILES string of the molecule is O=C(c1ccc2c(c1)OCO2)N1CCN(CCOc2cccc(CN3CCOCC3)c2)CC1. The van der Waals surface area contributed by atoms with E-state index in [9.17, 15) is 4.79 Å². The lowest BCUT2D eigenvalue weighted by Crippen LogP contribution is -2.49. The molecule has 0 aliphatic carbocycles. The van der Waals surface area contributed by atoms with Crippen molar-refractivity contribution in [1.29, 1.82) is 0 Å². The first-order chi connectivity index (χ1) is 16.2. The molecule has 0 N–H and O–H groups in total. The van der Waals surface area contributed by atoms with Crippen LogP contribution in [0.25, 0.3) is 0 Å². The third-order valence-corrected chi connectivity index (χ3v) is 6.36. The predicted molar refractivity (Wildman–Crippen MR) is 123 cm³/mol. The van der Waals surface area contributed by atoms with E-state index in [1.54, 1.807) is 12.1 Å². The van der Waals surface area contributed by atoms with E-state index in [0.29, 0.717) is 36.8 Å². The van der Waals surface area contributed by atoms with Gasteiger partial charge in [0.05, 0.1) is 13.2 Å². The lowest BCUT2D eigenvalue weighted by atomic mass is 10.1. The topological polar surface area (TPSA) is 63.7 Å². The first kappa shape index (κ1) is 22.0. The standard InChI is InChI=1S/C25H31N3O5/c29-25(21-4-5-23-24(17-21)33-19-32-23)28-8-6-26(7-9-28)12-15-31-22-3-1-2-20(16-22)18-27-10-13-30-14-11-27/h1-5,16-17H,6-15,18-19H2. The van der Waals surface area contributed by atoms with E-state index >= 15 is 0 Å². The van der Waals surface area contributed by atoms with Gasteiger partial charge < -0.3 is 23.8 Å². The number of amides is 1. The van der Waals surface area contributed by atoms with Crippen LogP contribution >= 0.6 is 0 Å². The highest BCUT2D eigenvalue weighted by atomic mass is 16.7. The van der Waals surface area contributed by atoms with Gasteiger partial charge in [-0.05, 0) is 35.9 Å². The first-order valence-electron chi connectivity index (χ1n) is 11.7. The van der Waals surface area contributed by atoms with Crippen LogP contribution in [0, 0.1) is 0 Å². The van der Waals surface area contributed by atoms with Crippen LogP contribution in [0.3, 0.4) is 0 Å². The van der Waals surface area contributed by atoms with Crippen molar-refractivity contribution < 1.29 is 23.7 Å². The largest absolute Gasteiger partial charge is 0.492 e. The molecule has 3 heterocycles. The summed E-state index contributed by atoms with van der Waals surface area (Å²) in [5.74, 6) is 2.30. The molecule has 0 atom stereocenters. The fraction of sp³-hybridized carbons (Fsp3) is 0.480. The van der Waals surface area contributed by atoms with Gasteiger partial charge in [0.25, 0.3) is 5.91 Å². The zero-order valence-corrected chi connectivity index (χ0v) is 18.9. The van der Waals surface area contributed by atoms with E-state index in [1.165, 1.54) is 5.56 Å². The lowest BCUT2D eigenvalue weighted by molar-refractivity contribution is 0.0341. The number of morpholine rings is 1. The van der Waals surface area contributed by atoms with Gasteiger partial charge in [-0.1, -0.05) is 12.1 Å². The van der Waals surface area contributed by atoms with Crippen LogP contribution in [-0.2, 0) is 11.3 Å². The number of fused-ring (bicyclic) bond motifs is 1. The van der Waals surface area contributed by atoms with Crippen LogP contribution in [0.5, 0.6) is 17.2 Å². The molecule has 176 valence electrons. The van der Waals surface area contributed by atoms with Crippen molar-refractivity contribution in [1.82, 2.24) is 14.7 Å². The Morgan fingerprint density at radius 2 is 1.70 bits per heavy atom. The summed E-state index contributed by atoms with van der Waals surface area (Å²) in [5.41, 5.74) is 1.91. The zero-order valence-electron chi connectivity index (χ0n) is 18.9. The maximum atomic E-state index is 12.9. The molecule has 33 heavy (non-hydrogen) atoms. The quantitative estimate of drug-likeness (QED) is 0.636. The van der Waals surface area contributed by atoms with E-state index in [1.807, 2.05) is 17.0 Å². The van der Waals surface area contributed by atoms with Crippen molar-refractivity contribution in [3.05, 3.63) is 53.6 Å². The molecule has 1 amide bonds. The fourth-order valence-electron chi connectivity index (χ4n) is 4.43. The Balaban J connectivity index is 1.05. The van der Waals surface area contributed by atoms with Gasteiger partial charge in [0.2, 0.25) is 6.79 Å². The smallest absolute Gasteiger partial charge is 0.254 e. The second-order valence-electron chi connectivity index (χ2n) is 8.59. The molecule has 0 bridgehead atoms. The van der Waals surface area contributed by atoms with Crippen molar-refractivity contribution in [3.8, 4) is 17.2 Å². The Kier molecular flexibility index (Phi) is 6.95. The Labute approximate surface area is 194 Å². The number of hydrogen-bond acceptors (Lipinski definition) is 7. The molecule has 0 spiro atoms. The van der Waals surface area contributed by atoms with Crippen LogP contribution in [0.2, 0.25) is 0 Å². The average Bonchev–Trinajstić information content (AvgIpc) is 3.33. The van der Waals surface area contributed by atoms with Gasteiger partial charge in [0, 0.05) is 57.9 Å². The predicted octanol–water partition coefficient (Wildman–Crippen LogP) is 2.08. The van der Waals surface area contributed by atoms with E-state index < -0.39 is 0 Å². The van der Waals surface area contributed by atoms with Crippen molar-refractivity contribution in [2.75, 3.05) is 72.4 Å². The molecule has 2 aromatic carbocycles. The Morgan fingerprint density at radius 1 is 0.879 bits per heavy atom. The minimum absolute atomic E-state index is 0.0429. The van der Waals surface area contributed by atoms with Crippen LogP contribution in [0.15, 0.2) is 42.5 Å². The highest BCUT2D eigenvalue weighted by Gasteiger charge is 2.24. The number of carbonyl (C=O) groups excluding carboxylic acids is 1. The number of ether oxygens (including phenoxy) is 4. The molecule has 0 unspecified atom stereocenters. The summed E-state index contributed by atoms with van der Waals surface area (Å²) in [7, 11) is 0. The second kappa shape index (κ2) is 10.4. The van der Waals surface area contributed by atoms with Crippen molar-refractivity contribution in [2.24, 2.45) is 0 Å². The minimum atomic E-state index is 0.0429. The van der Waals surface area contributed by atoms with Gasteiger partial charge >= 0.3 is 0 Å². The molecule has 2 aromatic rings. The van der Waals surface area contributed by atoms with Crippen molar-refractivity contribution in [2.45, 2.75) is 6.54 Å². The molecule has 0 saturated carbocycles. The summed E-state index contributed by atoms with van der Waals surface area (Å²) in [5, 5.41) is 0. The Bertz CT molecular complexity index is 955. The monoisotopic (exact) mass is 453 g/mol. The molecular weight excluding hydrogens is 422 g/mol. The summed E-state index contributed by atoms with van der Waals surface area (Å²) in [6, 6.07) is 13.8. The molecule has 3 aliphatic rings. The molecule has 5 rings (SSSR count). The molecule has 8 heteroatoms. The molecule has 2 saturated heterocycles. The van der Waals surface area contributed by atoms with E-state index in [4.69, 9.17) is 18.9 Å². The number of hydrogen-bond donors (Lipinski definition) is 0. The van der Waals surface area contributed by atoms with E-state index in [-0.39, 0.29) is 12.7 Å². The van der Waals surface area contributed by atoms with Gasteiger partial charge in [-0.2, -0.15) is 0 Å². The van der Waals surface area contributed by atoms with Crippen LogP contribution in [0.4, 0.5) is 0 Å². The van der Waals surface area contributed by atoms with Crippen LogP contribution < -0.4 is 14.2 Å². The molecule has 2 fully saturated rings. The number of rotatable bonds is 7. The molecule has 3 aliphatic heterocycles. The Hall–Kier alpha value is -2.81. The average molecular weight is 454 g/mol. The number of nitrogens with zero attached hydrogens (tertiary/aromatic N) is 3. The Morgan fingerprint density at radius 3 is 2.55 bits per heavy atom. The minimum Gasteiger partial charge on any atom is -0.492 e. The third-order valence-electron chi connectivity index (χ3n) is 6.36. The highest BCUT2D eigenvalue weighted by molar-refractivity contribution is 5.95. The molecule has 0 radical (unpaired) electrons. The van der Waals surface area contributed by atoms with Gasteiger partial charge in [0.15, 0.2) is 11.5 Å². The summed E-state index contributed by atoms with van der Waals surface area (Å²) in [6.07, 6.45) is 0. The van der Waals surface area contributed by atoms with Gasteiger partial charge in [0.1, 0.15) is 12.4 Å². The van der Waals surface area contributed by atoms with Crippen molar-refractivity contribution in [3.63, 3.8) is 0 Å². The van der Waals surface area contributed by atoms with Crippen LogP contribution in [-0.4, -0.2) is 93.0 Å². The number of piperazine rings is 1. The van der Waals surface area contributed by atoms with Gasteiger partial charge in [-0.15, -0.1) is 0 Å².